The van der Waals surface area contributed by atoms with Gasteiger partial charge in [-0.05, 0) is 23.6 Å². The van der Waals surface area contributed by atoms with Crippen LogP contribution in [0, 0.1) is 0 Å². The van der Waals surface area contributed by atoms with Crippen molar-refractivity contribution in [3.8, 4) is 0 Å². The summed E-state index contributed by atoms with van der Waals surface area (Å²) in [5, 5.41) is 11.6. The molecular formula is C22H21F3N4O5S. The number of fused-ring (bicyclic) bond motifs is 1. The number of nitrogens with zero attached hydrogens (tertiary/aromatic N) is 2. The van der Waals surface area contributed by atoms with Crippen LogP contribution in [0.15, 0.2) is 53.3 Å². The molecule has 9 nitrogen and oxygen atoms in total. The number of hydrogen-bond acceptors (Lipinski definition) is 6. The third kappa shape index (κ3) is 4.91. The summed E-state index contributed by atoms with van der Waals surface area (Å²) in [5.41, 5.74) is 6.36. The number of aliphatic carboxylic acids is 1. The van der Waals surface area contributed by atoms with Crippen molar-refractivity contribution < 1.29 is 37.5 Å². The third-order valence-electron chi connectivity index (χ3n) is 5.87. The van der Waals surface area contributed by atoms with Gasteiger partial charge in [0.05, 0.1) is 0 Å². The SMILES string of the molecule is N[C@@H](C(=O)N[C@@H]1C(=O)N2C(C(=O)O)=C(C=C3CCN(CC(F)(F)F)C3=O)CS[C@H]12)c1ccccc1. The molecule has 0 unspecified atom stereocenters. The highest BCUT2D eigenvalue weighted by Crippen LogP contribution is 2.41. The molecule has 0 spiro atoms. The highest BCUT2D eigenvalue weighted by molar-refractivity contribution is 8.00. The quantitative estimate of drug-likeness (QED) is 0.386. The number of allylic oxidation sites excluding steroid dienone is 1. The van der Waals surface area contributed by atoms with Crippen molar-refractivity contribution in [1.82, 2.24) is 15.1 Å². The first-order chi connectivity index (χ1) is 16.5. The summed E-state index contributed by atoms with van der Waals surface area (Å²) in [6.07, 6.45) is -3.25. The summed E-state index contributed by atoms with van der Waals surface area (Å²) in [5.74, 6) is -3.39. The summed E-state index contributed by atoms with van der Waals surface area (Å²) in [6, 6.07) is 6.52. The van der Waals surface area contributed by atoms with Crippen molar-refractivity contribution in [2.24, 2.45) is 5.73 Å². The number of rotatable bonds is 6. The molecule has 1 aromatic carbocycles. The van der Waals surface area contributed by atoms with Gasteiger partial charge in [-0.3, -0.25) is 19.3 Å². The lowest BCUT2D eigenvalue weighted by Gasteiger charge is -2.49. The number of carboxylic acid groups (broad SMARTS) is 1. The maximum Gasteiger partial charge on any atom is 0.406 e. The molecule has 3 amide bonds. The molecule has 0 aromatic heterocycles. The molecule has 2 fully saturated rings. The Kier molecular flexibility index (Phi) is 6.64. The van der Waals surface area contributed by atoms with Gasteiger partial charge in [-0.25, -0.2) is 4.79 Å². The summed E-state index contributed by atoms with van der Waals surface area (Å²) in [4.78, 5) is 51.4. The van der Waals surface area contributed by atoms with Crippen LogP contribution in [0.2, 0.25) is 0 Å². The number of nitrogens with two attached hydrogens (primary N) is 1. The fourth-order valence-electron chi connectivity index (χ4n) is 4.19. The van der Waals surface area contributed by atoms with Crippen LogP contribution in [0.5, 0.6) is 0 Å². The molecule has 2 saturated heterocycles. The lowest BCUT2D eigenvalue weighted by atomic mass is 10.00. The van der Waals surface area contributed by atoms with Gasteiger partial charge in [0, 0.05) is 17.9 Å². The maximum atomic E-state index is 12.8. The second kappa shape index (κ2) is 9.38. The largest absolute Gasteiger partial charge is 0.477 e. The molecule has 186 valence electrons. The number of benzene rings is 1. The van der Waals surface area contributed by atoms with E-state index < -0.39 is 53.9 Å². The minimum Gasteiger partial charge on any atom is -0.477 e. The maximum absolute atomic E-state index is 12.8. The van der Waals surface area contributed by atoms with Gasteiger partial charge < -0.3 is 21.1 Å². The van der Waals surface area contributed by atoms with Gasteiger partial charge >= 0.3 is 12.1 Å². The van der Waals surface area contributed by atoms with Gasteiger partial charge in [0.25, 0.3) is 5.91 Å². The molecular weight excluding hydrogens is 489 g/mol. The van der Waals surface area contributed by atoms with E-state index in [0.717, 1.165) is 4.90 Å². The second-order valence-electron chi connectivity index (χ2n) is 8.22. The molecule has 0 bridgehead atoms. The molecule has 1 aromatic rings. The van der Waals surface area contributed by atoms with E-state index in [1.54, 1.807) is 30.3 Å². The monoisotopic (exact) mass is 510 g/mol. The van der Waals surface area contributed by atoms with E-state index in [4.69, 9.17) is 5.73 Å². The van der Waals surface area contributed by atoms with Crippen molar-refractivity contribution in [3.63, 3.8) is 0 Å². The van der Waals surface area contributed by atoms with Gasteiger partial charge in [0.15, 0.2) is 0 Å². The van der Waals surface area contributed by atoms with Crippen molar-refractivity contribution in [2.45, 2.75) is 30.1 Å². The molecule has 3 aliphatic heterocycles. The van der Waals surface area contributed by atoms with E-state index in [0.29, 0.717) is 10.5 Å². The van der Waals surface area contributed by atoms with Crippen LogP contribution in [0.25, 0.3) is 0 Å². The normalized spacial score (nSPS) is 24.4. The Bertz CT molecular complexity index is 1140. The Hall–Kier alpha value is -3.32. The number of nitrogens with one attached hydrogen (secondary N) is 1. The number of β-lactam (4-membered cyclic amide) rings is 1. The van der Waals surface area contributed by atoms with Gasteiger partial charge in [-0.1, -0.05) is 30.3 Å². The number of thioether (sulfide) groups is 1. The van der Waals surface area contributed by atoms with E-state index in [9.17, 15) is 37.5 Å². The van der Waals surface area contributed by atoms with E-state index >= 15 is 0 Å². The number of halogens is 3. The van der Waals surface area contributed by atoms with E-state index in [1.165, 1.54) is 17.8 Å². The van der Waals surface area contributed by atoms with Crippen molar-refractivity contribution >= 4 is 35.5 Å². The highest BCUT2D eigenvalue weighted by atomic mass is 32.2. The Morgan fingerprint density at radius 2 is 1.94 bits per heavy atom. The third-order valence-corrected chi connectivity index (χ3v) is 7.17. The Morgan fingerprint density at radius 1 is 1.26 bits per heavy atom. The zero-order valence-electron chi connectivity index (χ0n) is 18.1. The van der Waals surface area contributed by atoms with Crippen LogP contribution in [0.4, 0.5) is 13.2 Å². The van der Waals surface area contributed by atoms with Crippen molar-refractivity contribution in [1.29, 1.82) is 0 Å². The molecule has 4 N–H and O–H groups in total. The fourth-order valence-corrected chi connectivity index (χ4v) is 5.49. The molecule has 0 saturated carbocycles. The van der Waals surface area contributed by atoms with E-state index in [2.05, 4.69) is 5.32 Å². The standard InChI is InChI=1S/C22H21F3N4O5S/c23-22(24,25)10-28-7-6-12(18(28)31)8-13-9-35-20-15(19(32)29(20)16(13)21(33)34)27-17(30)14(26)11-4-2-1-3-5-11/h1-5,8,14-15,20H,6-7,9-10,26H2,(H,27,30)(H,33,34)/t14-,15-,20-/m1/s1. The Balaban J connectivity index is 1.50. The molecule has 3 heterocycles. The average Bonchev–Trinajstić information content (AvgIpc) is 3.14. The zero-order valence-corrected chi connectivity index (χ0v) is 18.9. The number of alkyl halides is 3. The average molecular weight is 510 g/mol. The summed E-state index contributed by atoms with van der Waals surface area (Å²) in [6.45, 7) is -1.52. The summed E-state index contributed by atoms with van der Waals surface area (Å²) >= 11 is 1.18. The summed E-state index contributed by atoms with van der Waals surface area (Å²) < 4.78 is 38.0. The molecule has 0 radical (unpaired) electrons. The minimum atomic E-state index is -4.54. The fraction of sp³-hybridized carbons (Fsp3) is 0.364. The molecule has 0 aliphatic carbocycles. The lowest BCUT2D eigenvalue weighted by molar-refractivity contribution is -0.156. The van der Waals surface area contributed by atoms with Crippen LogP contribution >= 0.6 is 11.8 Å². The van der Waals surface area contributed by atoms with E-state index in [-0.39, 0.29) is 35.6 Å². The predicted octanol–water partition coefficient (Wildman–Crippen LogP) is 1.15. The summed E-state index contributed by atoms with van der Waals surface area (Å²) in [7, 11) is 0. The Morgan fingerprint density at radius 3 is 2.57 bits per heavy atom. The number of carbonyl (C=O) groups excluding carboxylic acids is 3. The highest BCUT2D eigenvalue weighted by Gasteiger charge is 2.54. The smallest absolute Gasteiger partial charge is 0.406 e. The van der Waals surface area contributed by atoms with Crippen LogP contribution in [0.1, 0.15) is 18.0 Å². The molecule has 4 rings (SSSR count). The van der Waals surface area contributed by atoms with Crippen molar-refractivity contribution in [2.75, 3.05) is 18.8 Å². The molecule has 3 atom stereocenters. The van der Waals surface area contributed by atoms with Crippen LogP contribution in [-0.4, -0.2) is 75.0 Å². The molecule has 13 heteroatoms. The van der Waals surface area contributed by atoms with Gasteiger partial charge in [-0.15, -0.1) is 11.8 Å². The first-order valence-corrected chi connectivity index (χ1v) is 11.6. The number of carboxylic acids is 1. The zero-order chi connectivity index (χ0) is 25.5. The number of hydrogen-bond donors (Lipinski definition) is 3. The topological polar surface area (TPSA) is 133 Å². The van der Waals surface area contributed by atoms with Gasteiger partial charge in [0.1, 0.15) is 29.7 Å². The van der Waals surface area contributed by atoms with Crippen LogP contribution in [0.3, 0.4) is 0 Å². The first-order valence-electron chi connectivity index (χ1n) is 10.6. The number of amides is 3. The Labute approximate surface area is 201 Å². The predicted molar refractivity (Wildman–Crippen MR) is 118 cm³/mol. The van der Waals surface area contributed by atoms with Crippen LogP contribution < -0.4 is 11.1 Å². The molecule has 3 aliphatic rings. The first kappa shape index (κ1) is 24.8. The van der Waals surface area contributed by atoms with E-state index in [1.807, 2.05) is 0 Å². The lowest BCUT2D eigenvalue weighted by Crippen LogP contribution is -2.71. The van der Waals surface area contributed by atoms with Crippen molar-refractivity contribution in [3.05, 3.63) is 58.8 Å². The second-order valence-corrected chi connectivity index (χ2v) is 9.33. The molecule has 35 heavy (non-hydrogen) atoms. The van der Waals surface area contributed by atoms with Crippen LogP contribution in [-0.2, 0) is 19.2 Å². The number of carbonyl (C=O) groups is 4. The number of likely N-dealkylation sites (tertiary alicyclic amines) is 1. The minimum absolute atomic E-state index is 0.0312. The van der Waals surface area contributed by atoms with Gasteiger partial charge in [-0.2, -0.15) is 13.2 Å². The van der Waals surface area contributed by atoms with Gasteiger partial charge in [0.2, 0.25) is 11.8 Å².